The number of para-hydroxylation sites is 2. The van der Waals surface area contributed by atoms with E-state index in [0.29, 0.717) is 29.2 Å². The molecule has 2 aromatic carbocycles. The number of aromatic nitrogens is 2. The van der Waals surface area contributed by atoms with Crippen molar-refractivity contribution in [3.8, 4) is 5.75 Å². The quantitative estimate of drug-likeness (QED) is 0.800. The van der Waals surface area contributed by atoms with Crippen LogP contribution in [0.25, 0.3) is 11.0 Å². The van der Waals surface area contributed by atoms with Gasteiger partial charge in [0.25, 0.3) is 5.91 Å². The molecule has 0 saturated heterocycles. The predicted octanol–water partition coefficient (Wildman–Crippen LogP) is 3.59. The highest BCUT2D eigenvalue weighted by Crippen LogP contribution is 2.17. The van der Waals surface area contributed by atoms with Crippen LogP contribution >= 0.6 is 0 Å². The minimum absolute atomic E-state index is 0.273. The zero-order valence-electron chi connectivity index (χ0n) is 13.0. The molecule has 0 atom stereocenters. The van der Waals surface area contributed by atoms with Crippen molar-refractivity contribution in [3.63, 3.8) is 0 Å². The maximum Gasteiger partial charge on any atom is 0.276 e. The first kappa shape index (κ1) is 15.0. The number of ether oxygens (including phenoxy) is 1. The van der Waals surface area contributed by atoms with Crippen LogP contribution in [0, 0.1) is 6.92 Å². The lowest BCUT2D eigenvalue weighted by Gasteiger charge is -2.09. The number of nitrogens with zero attached hydrogens (tertiary/aromatic N) is 2. The van der Waals surface area contributed by atoms with Gasteiger partial charge in [0.15, 0.2) is 0 Å². The minimum atomic E-state index is -0.273. The highest BCUT2D eigenvalue weighted by atomic mass is 16.5. The first-order valence-electron chi connectivity index (χ1n) is 7.45. The van der Waals surface area contributed by atoms with Gasteiger partial charge in [0.1, 0.15) is 11.4 Å². The molecule has 5 heteroatoms. The van der Waals surface area contributed by atoms with Gasteiger partial charge in [-0.05, 0) is 50.2 Å². The van der Waals surface area contributed by atoms with Gasteiger partial charge in [-0.1, -0.05) is 12.1 Å². The zero-order chi connectivity index (χ0) is 16.2. The van der Waals surface area contributed by atoms with Gasteiger partial charge in [-0.25, -0.2) is 9.97 Å². The number of carbonyl (C=O) groups is 1. The van der Waals surface area contributed by atoms with Crippen molar-refractivity contribution in [1.29, 1.82) is 0 Å². The van der Waals surface area contributed by atoms with Crippen LogP contribution in [0.1, 0.15) is 23.1 Å². The van der Waals surface area contributed by atoms with E-state index in [1.165, 1.54) is 0 Å². The van der Waals surface area contributed by atoms with Crippen molar-refractivity contribution in [2.75, 3.05) is 11.9 Å². The summed E-state index contributed by atoms with van der Waals surface area (Å²) in [6.45, 7) is 4.32. The van der Waals surface area contributed by atoms with E-state index >= 15 is 0 Å². The van der Waals surface area contributed by atoms with E-state index in [9.17, 15) is 4.79 Å². The number of carbonyl (C=O) groups excluding carboxylic acids is 1. The molecule has 0 radical (unpaired) electrons. The highest BCUT2D eigenvalue weighted by Gasteiger charge is 2.13. The van der Waals surface area contributed by atoms with Gasteiger partial charge in [0.05, 0.1) is 23.3 Å². The third-order valence-electron chi connectivity index (χ3n) is 3.38. The van der Waals surface area contributed by atoms with Gasteiger partial charge in [0.2, 0.25) is 0 Å². The third-order valence-corrected chi connectivity index (χ3v) is 3.38. The summed E-state index contributed by atoms with van der Waals surface area (Å²) in [6, 6.07) is 14.7. The fourth-order valence-corrected chi connectivity index (χ4v) is 2.29. The average Bonchev–Trinajstić information content (AvgIpc) is 2.56. The molecule has 116 valence electrons. The van der Waals surface area contributed by atoms with Crippen LogP contribution in [-0.4, -0.2) is 22.5 Å². The van der Waals surface area contributed by atoms with Gasteiger partial charge < -0.3 is 10.1 Å². The molecule has 23 heavy (non-hydrogen) atoms. The van der Waals surface area contributed by atoms with Crippen molar-refractivity contribution in [1.82, 2.24) is 9.97 Å². The van der Waals surface area contributed by atoms with Crippen LogP contribution in [0.2, 0.25) is 0 Å². The Kier molecular flexibility index (Phi) is 4.19. The van der Waals surface area contributed by atoms with Gasteiger partial charge >= 0.3 is 0 Å². The van der Waals surface area contributed by atoms with Crippen LogP contribution in [0.15, 0.2) is 48.5 Å². The van der Waals surface area contributed by atoms with E-state index in [1.54, 1.807) is 19.1 Å². The van der Waals surface area contributed by atoms with Crippen LogP contribution in [0.4, 0.5) is 5.69 Å². The Hall–Kier alpha value is -2.95. The molecule has 3 aromatic rings. The maximum absolute atomic E-state index is 12.4. The Balaban J connectivity index is 1.84. The molecule has 3 rings (SSSR count). The summed E-state index contributed by atoms with van der Waals surface area (Å²) < 4.78 is 5.38. The number of nitrogens with one attached hydrogen (secondary N) is 1. The number of hydrogen-bond acceptors (Lipinski definition) is 4. The molecule has 0 saturated carbocycles. The average molecular weight is 307 g/mol. The van der Waals surface area contributed by atoms with Gasteiger partial charge in [-0.2, -0.15) is 0 Å². The summed E-state index contributed by atoms with van der Waals surface area (Å²) in [5.41, 5.74) is 3.11. The first-order chi connectivity index (χ1) is 11.2. The summed E-state index contributed by atoms with van der Waals surface area (Å²) >= 11 is 0. The Bertz CT molecular complexity index is 845. The minimum Gasteiger partial charge on any atom is -0.494 e. The van der Waals surface area contributed by atoms with E-state index in [0.717, 1.165) is 11.3 Å². The summed E-state index contributed by atoms with van der Waals surface area (Å²) in [5.74, 6) is 0.497. The smallest absolute Gasteiger partial charge is 0.276 e. The molecule has 1 heterocycles. The second-order valence-corrected chi connectivity index (χ2v) is 5.06. The monoisotopic (exact) mass is 307 g/mol. The van der Waals surface area contributed by atoms with E-state index in [1.807, 2.05) is 43.3 Å². The largest absolute Gasteiger partial charge is 0.494 e. The molecule has 1 aromatic heterocycles. The molecule has 0 unspecified atom stereocenters. The van der Waals surface area contributed by atoms with Crippen molar-refractivity contribution < 1.29 is 9.53 Å². The number of rotatable bonds is 4. The standard InChI is InChI=1S/C18H17N3O2/c1-3-23-14-10-8-13(9-11-14)20-18(22)17-12(2)19-15-6-4-5-7-16(15)21-17/h4-11H,3H2,1-2H3,(H,20,22). The number of hydrogen-bond donors (Lipinski definition) is 1. The summed E-state index contributed by atoms with van der Waals surface area (Å²) in [7, 11) is 0. The van der Waals surface area contributed by atoms with Crippen LogP contribution in [0.5, 0.6) is 5.75 Å². The molecule has 0 aliphatic carbocycles. The molecular weight excluding hydrogens is 290 g/mol. The van der Waals surface area contributed by atoms with E-state index in [2.05, 4.69) is 15.3 Å². The van der Waals surface area contributed by atoms with E-state index < -0.39 is 0 Å². The molecule has 0 bridgehead atoms. The number of fused-ring (bicyclic) bond motifs is 1. The molecule has 0 aliphatic heterocycles. The molecule has 0 spiro atoms. The molecule has 1 N–H and O–H groups in total. The molecule has 5 nitrogen and oxygen atoms in total. The maximum atomic E-state index is 12.4. The van der Waals surface area contributed by atoms with Crippen LogP contribution in [-0.2, 0) is 0 Å². The predicted molar refractivity (Wildman–Crippen MR) is 89.8 cm³/mol. The second-order valence-electron chi connectivity index (χ2n) is 5.06. The normalized spacial score (nSPS) is 10.5. The molecule has 0 aliphatic rings. The fraction of sp³-hybridized carbons (Fsp3) is 0.167. The highest BCUT2D eigenvalue weighted by molar-refractivity contribution is 6.04. The van der Waals surface area contributed by atoms with Gasteiger partial charge in [-0.15, -0.1) is 0 Å². The second kappa shape index (κ2) is 6.44. The number of aryl methyl sites for hydroxylation is 1. The van der Waals surface area contributed by atoms with Crippen molar-refractivity contribution in [3.05, 3.63) is 59.9 Å². The van der Waals surface area contributed by atoms with Crippen LogP contribution < -0.4 is 10.1 Å². The zero-order valence-corrected chi connectivity index (χ0v) is 13.0. The lowest BCUT2D eigenvalue weighted by Crippen LogP contribution is -2.16. The van der Waals surface area contributed by atoms with Crippen LogP contribution in [0.3, 0.4) is 0 Å². The Labute approximate surface area is 134 Å². The summed E-state index contributed by atoms with van der Waals surface area (Å²) in [4.78, 5) is 21.3. The molecule has 0 fully saturated rings. The molecular formula is C18H17N3O2. The topological polar surface area (TPSA) is 64.1 Å². The molecule has 1 amide bonds. The van der Waals surface area contributed by atoms with Crippen molar-refractivity contribution in [2.45, 2.75) is 13.8 Å². The van der Waals surface area contributed by atoms with Crippen molar-refractivity contribution in [2.24, 2.45) is 0 Å². The lowest BCUT2D eigenvalue weighted by atomic mass is 10.2. The Morgan fingerprint density at radius 1 is 1.04 bits per heavy atom. The van der Waals surface area contributed by atoms with Crippen molar-refractivity contribution >= 4 is 22.6 Å². The Morgan fingerprint density at radius 2 is 1.70 bits per heavy atom. The van der Waals surface area contributed by atoms with E-state index in [4.69, 9.17) is 4.74 Å². The number of benzene rings is 2. The van der Waals surface area contributed by atoms with E-state index in [-0.39, 0.29) is 5.91 Å². The number of anilines is 1. The first-order valence-corrected chi connectivity index (χ1v) is 7.45. The van der Waals surface area contributed by atoms with Gasteiger partial charge in [-0.3, -0.25) is 4.79 Å². The summed E-state index contributed by atoms with van der Waals surface area (Å²) in [5, 5.41) is 2.84. The SMILES string of the molecule is CCOc1ccc(NC(=O)c2nc3ccccc3nc2C)cc1. The number of amides is 1. The Morgan fingerprint density at radius 3 is 2.35 bits per heavy atom. The summed E-state index contributed by atoms with van der Waals surface area (Å²) in [6.07, 6.45) is 0. The fourth-order valence-electron chi connectivity index (χ4n) is 2.29. The van der Waals surface area contributed by atoms with Gasteiger partial charge in [0, 0.05) is 5.69 Å². The third kappa shape index (κ3) is 3.29. The lowest BCUT2D eigenvalue weighted by molar-refractivity contribution is 0.102.